The van der Waals surface area contributed by atoms with E-state index in [4.69, 9.17) is 0 Å². The molecular weight excluding hydrogens is 362 g/mol. The summed E-state index contributed by atoms with van der Waals surface area (Å²) in [5.41, 5.74) is 2.76. The fourth-order valence-corrected chi connectivity index (χ4v) is 3.74. The Labute approximate surface area is 161 Å². The van der Waals surface area contributed by atoms with Crippen LogP contribution in [0.4, 0.5) is 5.69 Å². The van der Waals surface area contributed by atoms with Gasteiger partial charge in [0, 0.05) is 26.3 Å². The van der Waals surface area contributed by atoms with Crippen molar-refractivity contribution in [1.29, 1.82) is 0 Å². The highest BCUT2D eigenvalue weighted by molar-refractivity contribution is 7.89. The lowest BCUT2D eigenvalue weighted by molar-refractivity contribution is -0.117. The van der Waals surface area contributed by atoms with Crippen LogP contribution in [0.25, 0.3) is 0 Å². The third-order valence-electron chi connectivity index (χ3n) is 4.22. The molecule has 0 saturated carbocycles. The highest BCUT2D eigenvalue weighted by atomic mass is 32.2. The molecule has 2 aromatic rings. The van der Waals surface area contributed by atoms with Gasteiger partial charge in [0.05, 0.1) is 11.4 Å². The number of sulfonamides is 1. The molecule has 146 valence electrons. The fraction of sp³-hybridized carbons (Fsp3) is 0.350. The van der Waals surface area contributed by atoms with Crippen LogP contribution in [0.15, 0.2) is 53.4 Å². The Morgan fingerprint density at radius 1 is 1.04 bits per heavy atom. The molecule has 2 aromatic carbocycles. The number of nitrogens with zero attached hydrogens (tertiary/aromatic N) is 2. The van der Waals surface area contributed by atoms with E-state index in [9.17, 15) is 13.2 Å². The predicted molar refractivity (Wildman–Crippen MR) is 108 cm³/mol. The first-order valence-electron chi connectivity index (χ1n) is 8.81. The van der Waals surface area contributed by atoms with Crippen molar-refractivity contribution in [2.24, 2.45) is 0 Å². The van der Waals surface area contributed by atoms with E-state index < -0.39 is 10.0 Å². The van der Waals surface area contributed by atoms with Crippen molar-refractivity contribution in [3.8, 4) is 0 Å². The van der Waals surface area contributed by atoms with Crippen LogP contribution in [0.2, 0.25) is 0 Å². The van der Waals surface area contributed by atoms with Gasteiger partial charge in [0.25, 0.3) is 0 Å². The minimum Gasteiger partial charge on any atom is -0.325 e. The first kappa shape index (κ1) is 21.1. The van der Waals surface area contributed by atoms with Crippen LogP contribution in [0.3, 0.4) is 0 Å². The van der Waals surface area contributed by atoms with Gasteiger partial charge in [-0.2, -0.15) is 0 Å². The summed E-state index contributed by atoms with van der Waals surface area (Å²) in [5, 5.41) is 2.95. The maximum atomic E-state index is 12.3. The van der Waals surface area contributed by atoms with Crippen LogP contribution in [-0.2, 0) is 27.8 Å². The summed E-state index contributed by atoms with van der Waals surface area (Å²) in [7, 11) is 1.37. The zero-order valence-electron chi connectivity index (χ0n) is 16.3. The first-order chi connectivity index (χ1) is 12.7. The minimum absolute atomic E-state index is 0.101. The van der Waals surface area contributed by atoms with Crippen LogP contribution in [0.1, 0.15) is 18.1 Å². The Hall–Kier alpha value is -2.22. The van der Waals surface area contributed by atoms with E-state index >= 15 is 0 Å². The molecule has 1 N–H and O–H groups in total. The van der Waals surface area contributed by atoms with Gasteiger partial charge in [-0.25, -0.2) is 12.7 Å². The Kier molecular flexibility index (Phi) is 7.12. The monoisotopic (exact) mass is 389 g/mol. The van der Waals surface area contributed by atoms with Crippen LogP contribution in [-0.4, -0.2) is 51.2 Å². The van der Waals surface area contributed by atoms with Gasteiger partial charge in [0.2, 0.25) is 15.9 Å². The van der Waals surface area contributed by atoms with Gasteiger partial charge in [-0.1, -0.05) is 37.3 Å². The number of rotatable bonds is 8. The van der Waals surface area contributed by atoms with Crippen molar-refractivity contribution in [1.82, 2.24) is 9.21 Å². The molecule has 1 amide bonds. The van der Waals surface area contributed by atoms with Gasteiger partial charge >= 0.3 is 0 Å². The fourth-order valence-electron chi connectivity index (χ4n) is 2.77. The number of amides is 1. The molecule has 0 saturated heterocycles. The number of carbonyl (C=O) groups is 1. The van der Waals surface area contributed by atoms with E-state index in [0.717, 1.165) is 23.2 Å². The largest absolute Gasteiger partial charge is 0.325 e. The molecule has 0 unspecified atom stereocenters. The van der Waals surface area contributed by atoms with Crippen molar-refractivity contribution in [2.45, 2.75) is 24.8 Å². The molecule has 0 aliphatic rings. The second kappa shape index (κ2) is 9.12. The molecule has 0 spiro atoms. The van der Waals surface area contributed by atoms with Crippen molar-refractivity contribution in [3.05, 3.63) is 59.7 Å². The molecule has 0 heterocycles. The van der Waals surface area contributed by atoms with Crippen molar-refractivity contribution >= 4 is 21.6 Å². The lowest BCUT2D eigenvalue weighted by Gasteiger charge is -2.18. The lowest BCUT2D eigenvalue weighted by Crippen LogP contribution is -2.30. The molecule has 0 aliphatic heterocycles. The lowest BCUT2D eigenvalue weighted by atomic mass is 10.1. The van der Waals surface area contributed by atoms with E-state index in [1.54, 1.807) is 18.2 Å². The summed E-state index contributed by atoms with van der Waals surface area (Å²) in [6.45, 7) is 2.73. The van der Waals surface area contributed by atoms with Gasteiger partial charge in [0.1, 0.15) is 0 Å². The van der Waals surface area contributed by atoms with Gasteiger partial charge in [-0.05, 0) is 42.8 Å². The maximum Gasteiger partial charge on any atom is 0.242 e. The molecule has 0 radical (unpaired) electrons. The third kappa shape index (κ3) is 5.63. The molecular formula is C20H27N3O3S. The van der Waals surface area contributed by atoms with Gasteiger partial charge < -0.3 is 5.32 Å². The van der Waals surface area contributed by atoms with E-state index in [1.807, 2.05) is 49.2 Å². The summed E-state index contributed by atoms with van der Waals surface area (Å²) < 4.78 is 25.7. The number of hydrogen-bond donors (Lipinski definition) is 1. The number of aryl methyl sites for hydroxylation is 1. The second-order valence-corrected chi connectivity index (χ2v) is 8.82. The molecule has 0 fully saturated rings. The molecule has 27 heavy (non-hydrogen) atoms. The number of likely N-dealkylation sites (N-methyl/N-ethyl adjacent to an activating group) is 1. The number of anilines is 1. The van der Waals surface area contributed by atoms with Gasteiger partial charge in [-0.3, -0.25) is 9.69 Å². The summed E-state index contributed by atoms with van der Waals surface area (Å²) in [6, 6.07) is 14.5. The highest BCUT2D eigenvalue weighted by Crippen LogP contribution is 2.17. The first-order valence-corrected chi connectivity index (χ1v) is 10.3. The molecule has 7 heteroatoms. The number of hydrogen-bond acceptors (Lipinski definition) is 4. The summed E-state index contributed by atoms with van der Waals surface area (Å²) in [5.74, 6) is -0.101. The zero-order valence-corrected chi connectivity index (χ0v) is 17.1. The third-order valence-corrected chi connectivity index (χ3v) is 6.03. The van der Waals surface area contributed by atoms with Crippen LogP contribution < -0.4 is 5.32 Å². The predicted octanol–water partition coefficient (Wildman–Crippen LogP) is 2.57. The van der Waals surface area contributed by atoms with E-state index in [1.165, 1.54) is 18.4 Å². The van der Waals surface area contributed by atoms with E-state index in [-0.39, 0.29) is 17.3 Å². The Morgan fingerprint density at radius 2 is 1.74 bits per heavy atom. The van der Waals surface area contributed by atoms with Crippen molar-refractivity contribution in [2.75, 3.05) is 33.0 Å². The number of para-hydroxylation sites is 1. The van der Waals surface area contributed by atoms with Crippen LogP contribution >= 0.6 is 0 Å². The molecule has 0 aliphatic carbocycles. The van der Waals surface area contributed by atoms with E-state index in [2.05, 4.69) is 5.32 Å². The average molecular weight is 390 g/mol. The van der Waals surface area contributed by atoms with Crippen molar-refractivity contribution in [3.63, 3.8) is 0 Å². The van der Waals surface area contributed by atoms with Crippen molar-refractivity contribution < 1.29 is 13.2 Å². The summed E-state index contributed by atoms with van der Waals surface area (Å²) in [4.78, 5) is 14.4. The smallest absolute Gasteiger partial charge is 0.242 e. The quantitative estimate of drug-likeness (QED) is 0.753. The molecule has 0 atom stereocenters. The SMILES string of the molecule is CCc1ccccc1NC(=O)CN(C)Cc1cccc(S(=O)(=O)N(C)C)c1. The Bertz CT molecular complexity index is 895. The number of carbonyl (C=O) groups excluding carboxylic acids is 1. The Balaban J connectivity index is 2.01. The van der Waals surface area contributed by atoms with Gasteiger partial charge in [0.15, 0.2) is 0 Å². The normalized spacial score (nSPS) is 11.8. The zero-order chi connectivity index (χ0) is 20.0. The minimum atomic E-state index is -3.47. The maximum absolute atomic E-state index is 12.3. The molecule has 0 aromatic heterocycles. The number of benzene rings is 2. The molecule has 6 nitrogen and oxygen atoms in total. The second-order valence-electron chi connectivity index (χ2n) is 6.67. The standard InChI is InChI=1S/C20H27N3O3S/c1-5-17-10-6-7-12-19(17)21-20(24)15-23(4)14-16-9-8-11-18(13-16)27(25,26)22(2)3/h6-13H,5,14-15H2,1-4H3,(H,21,24). The summed E-state index contributed by atoms with van der Waals surface area (Å²) >= 11 is 0. The summed E-state index contributed by atoms with van der Waals surface area (Å²) in [6.07, 6.45) is 0.847. The topological polar surface area (TPSA) is 69.7 Å². The average Bonchev–Trinajstić information content (AvgIpc) is 2.62. The number of nitrogens with one attached hydrogen (secondary N) is 1. The van der Waals surface area contributed by atoms with Crippen LogP contribution in [0.5, 0.6) is 0 Å². The van der Waals surface area contributed by atoms with E-state index in [0.29, 0.717) is 6.54 Å². The van der Waals surface area contributed by atoms with Gasteiger partial charge in [-0.15, -0.1) is 0 Å². The molecule has 0 bridgehead atoms. The molecule has 2 rings (SSSR count). The highest BCUT2D eigenvalue weighted by Gasteiger charge is 2.17. The van der Waals surface area contributed by atoms with Crippen LogP contribution in [0, 0.1) is 0 Å². The Morgan fingerprint density at radius 3 is 2.41 bits per heavy atom.